The SMILES string of the molecule is CC(C)(C)c1cc(C(C)(C)C)c(P=Pc2c(F)c(F)cc(F)c2F)c(C(C)(C)C)c1. The molecule has 0 heterocycles. The predicted molar refractivity (Wildman–Crippen MR) is 122 cm³/mol. The predicted octanol–water partition coefficient (Wildman–Crippen LogP) is 7.89. The first-order valence-electron chi connectivity index (χ1n) is 9.89. The van der Waals surface area contributed by atoms with Crippen molar-refractivity contribution in [2.24, 2.45) is 0 Å². The third-order valence-corrected chi connectivity index (χ3v) is 7.81. The van der Waals surface area contributed by atoms with Crippen LogP contribution < -0.4 is 10.6 Å². The molecule has 0 aromatic heterocycles. The molecule has 0 aliphatic carbocycles. The quantitative estimate of drug-likeness (QED) is 0.245. The number of hydrogen-bond acceptors (Lipinski definition) is 0. The second-order valence-electron chi connectivity index (χ2n) is 10.7. The van der Waals surface area contributed by atoms with E-state index in [0.717, 1.165) is 16.4 Å². The molecular weight excluding hydrogens is 426 g/mol. The van der Waals surface area contributed by atoms with E-state index in [0.29, 0.717) is 7.87 Å². The highest BCUT2D eigenvalue weighted by atomic mass is 31.7. The summed E-state index contributed by atoms with van der Waals surface area (Å²) in [6.07, 6.45) is 0. The van der Waals surface area contributed by atoms with Gasteiger partial charge in [-0.2, -0.15) is 0 Å². The Morgan fingerprint density at radius 2 is 0.900 bits per heavy atom. The van der Waals surface area contributed by atoms with E-state index < -0.39 is 28.6 Å². The van der Waals surface area contributed by atoms with Crippen molar-refractivity contribution in [1.82, 2.24) is 0 Å². The smallest absolute Gasteiger partial charge is 0.174 e. The lowest BCUT2D eigenvalue weighted by molar-refractivity contribution is 0.464. The van der Waals surface area contributed by atoms with Crippen LogP contribution in [0.2, 0.25) is 0 Å². The van der Waals surface area contributed by atoms with Gasteiger partial charge >= 0.3 is 0 Å². The topological polar surface area (TPSA) is 0 Å². The number of halogens is 4. The highest BCUT2D eigenvalue weighted by molar-refractivity contribution is 7.91. The van der Waals surface area contributed by atoms with Gasteiger partial charge in [-0.15, -0.1) is 0 Å². The Morgan fingerprint density at radius 1 is 0.533 bits per heavy atom. The van der Waals surface area contributed by atoms with Gasteiger partial charge in [-0.05, 0) is 48.7 Å². The Balaban J connectivity index is 2.87. The molecule has 6 heteroatoms. The molecule has 0 aliphatic rings. The molecule has 2 rings (SSSR count). The first-order chi connectivity index (χ1) is 13.4. The van der Waals surface area contributed by atoms with Crippen LogP contribution in [0.1, 0.15) is 79.0 Å². The summed E-state index contributed by atoms with van der Waals surface area (Å²) in [6, 6.07) is 4.57. The highest BCUT2D eigenvalue weighted by Gasteiger charge is 2.29. The molecule has 0 saturated heterocycles. The third kappa shape index (κ3) is 5.32. The van der Waals surface area contributed by atoms with Crippen LogP contribution >= 0.6 is 15.7 Å². The van der Waals surface area contributed by atoms with Gasteiger partial charge in [0, 0.05) is 11.4 Å². The van der Waals surface area contributed by atoms with E-state index in [2.05, 4.69) is 74.4 Å². The minimum Gasteiger partial charge on any atom is -0.204 e. The molecule has 0 N–H and O–H groups in total. The van der Waals surface area contributed by atoms with Crippen molar-refractivity contribution < 1.29 is 17.6 Å². The molecule has 2 aromatic carbocycles. The van der Waals surface area contributed by atoms with E-state index >= 15 is 0 Å². The zero-order valence-corrected chi connectivity index (χ0v) is 20.9. The summed E-state index contributed by atoms with van der Waals surface area (Å²) in [7, 11) is 0.738. The second-order valence-corrected chi connectivity index (χ2v) is 13.2. The number of rotatable bonds is 2. The van der Waals surface area contributed by atoms with Crippen molar-refractivity contribution in [1.29, 1.82) is 0 Å². The zero-order chi connectivity index (χ0) is 23.2. The van der Waals surface area contributed by atoms with Crippen LogP contribution in [0.5, 0.6) is 0 Å². The summed E-state index contributed by atoms with van der Waals surface area (Å²) >= 11 is 0. The normalized spacial score (nSPS) is 13.4. The van der Waals surface area contributed by atoms with E-state index in [4.69, 9.17) is 0 Å². The lowest BCUT2D eigenvalue weighted by atomic mass is 9.75. The van der Waals surface area contributed by atoms with Gasteiger partial charge < -0.3 is 0 Å². The summed E-state index contributed by atoms with van der Waals surface area (Å²) in [5.41, 5.74) is 2.82. The first-order valence-corrected chi connectivity index (χ1v) is 12.4. The summed E-state index contributed by atoms with van der Waals surface area (Å²) in [5.74, 6) is -5.41. The van der Waals surface area contributed by atoms with E-state index in [9.17, 15) is 17.6 Å². The minimum absolute atomic E-state index is 0.0724. The molecule has 0 fully saturated rings. The lowest BCUT2D eigenvalue weighted by Crippen LogP contribution is -2.29. The second kappa shape index (κ2) is 8.36. The fraction of sp³-hybridized carbons (Fsp3) is 0.500. The molecule has 164 valence electrons. The van der Waals surface area contributed by atoms with Crippen molar-refractivity contribution in [2.75, 3.05) is 0 Å². The summed E-state index contributed by atoms with van der Waals surface area (Å²) in [6.45, 7) is 19.0. The van der Waals surface area contributed by atoms with Crippen LogP contribution in [-0.4, -0.2) is 0 Å². The van der Waals surface area contributed by atoms with Crippen molar-refractivity contribution in [3.05, 3.63) is 58.2 Å². The van der Waals surface area contributed by atoms with Crippen LogP contribution in [0, 0.1) is 23.3 Å². The first kappa shape index (κ1) is 25.0. The van der Waals surface area contributed by atoms with E-state index in [1.54, 1.807) is 0 Å². The Hall–Kier alpha value is -1.24. The molecule has 0 atom stereocenters. The molecule has 0 spiro atoms. The molecule has 30 heavy (non-hydrogen) atoms. The zero-order valence-electron chi connectivity index (χ0n) is 19.1. The number of benzene rings is 2. The van der Waals surface area contributed by atoms with Gasteiger partial charge in [-0.3, -0.25) is 0 Å². The maximum Gasteiger partial charge on any atom is 0.174 e. The molecule has 0 bridgehead atoms. The van der Waals surface area contributed by atoms with E-state index in [-0.39, 0.29) is 30.2 Å². The molecule has 0 radical (unpaired) electrons. The fourth-order valence-electron chi connectivity index (χ4n) is 3.07. The maximum absolute atomic E-state index is 14.2. The molecule has 0 aliphatic heterocycles. The molecule has 2 aromatic rings. The van der Waals surface area contributed by atoms with Crippen LogP contribution in [0.25, 0.3) is 0 Å². The van der Waals surface area contributed by atoms with Crippen molar-refractivity contribution in [3.63, 3.8) is 0 Å². The third-order valence-electron chi connectivity index (χ3n) is 4.93. The van der Waals surface area contributed by atoms with Gasteiger partial charge in [0.2, 0.25) is 0 Å². The Bertz CT molecular complexity index is 927. The maximum atomic E-state index is 14.2. The Labute approximate surface area is 180 Å². The largest absolute Gasteiger partial charge is 0.204 e. The Morgan fingerprint density at radius 3 is 1.23 bits per heavy atom. The fourth-order valence-corrected chi connectivity index (χ4v) is 6.44. The van der Waals surface area contributed by atoms with Gasteiger partial charge in [-0.1, -0.05) is 74.4 Å². The molecular formula is C24H30F4P2. The monoisotopic (exact) mass is 456 g/mol. The minimum atomic E-state index is -1.37. The van der Waals surface area contributed by atoms with Gasteiger partial charge in [0.1, 0.15) is 0 Å². The summed E-state index contributed by atoms with van der Waals surface area (Å²) < 4.78 is 55.8. The van der Waals surface area contributed by atoms with Crippen LogP contribution in [0.3, 0.4) is 0 Å². The van der Waals surface area contributed by atoms with Gasteiger partial charge in [0.25, 0.3) is 0 Å². The lowest BCUT2D eigenvalue weighted by Gasteiger charge is -2.32. The Kier molecular flexibility index (Phi) is 6.97. The molecule has 0 saturated carbocycles. The highest BCUT2D eigenvalue weighted by Crippen LogP contribution is 2.37. The summed E-state index contributed by atoms with van der Waals surface area (Å²) in [4.78, 5) is 0. The van der Waals surface area contributed by atoms with Crippen LogP contribution in [0.4, 0.5) is 17.6 Å². The van der Waals surface area contributed by atoms with Crippen molar-refractivity contribution >= 4 is 26.3 Å². The average molecular weight is 456 g/mol. The molecule has 0 amide bonds. The van der Waals surface area contributed by atoms with Crippen LogP contribution in [-0.2, 0) is 16.2 Å². The number of hydrogen-bond donors (Lipinski definition) is 0. The van der Waals surface area contributed by atoms with Crippen molar-refractivity contribution in [3.8, 4) is 0 Å². The van der Waals surface area contributed by atoms with E-state index in [1.165, 1.54) is 5.56 Å². The van der Waals surface area contributed by atoms with E-state index in [1.807, 2.05) is 0 Å². The van der Waals surface area contributed by atoms with Crippen molar-refractivity contribution in [2.45, 2.75) is 78.6 Å². The molecule has 0 unspecified atom stereocenters. The summed E-state index contributed by atoms with van der Waals surface area (Å²) in [5, 5.41) is 0.377. The van der Waals surface area contributed by atoms with Gasteiger partial charge in [-0.25, -0.2) is 17.6 Å². The standard InChI is InChI=1S/C24H30F4P2/c1-22(2,3)13-10-14(23(4,5)6)20(15(11-13)24(7,8)9)29-30-21-18(27)16(25)12-17(26)19(21)28/h10-12H,1-9H3. The molecule has 0 nitrogen and oxygen atoms in total. The van der Waals surface area contributed by atoms with Gasteiger partial charge in [0.05, 0.1) is 5.30 Å². The average Bonchev–Trinajstić information content (AvgIpc) is 2.57. The van der Waals surface area contributed by atoms with Gasteiger partial charge in [0.15, 0.2) is 23.3 Å². The van der Waals surface area contributed by atoms with Crippen LogP contribution in [0.15, 0.2) is 18.2 Å².